The van der Waals surface area contributed by atoms with Crippen LogP contribution in [0.2, 0.25) is 0 Å². The van der Waals surface area contributed by atoms with Gasteiger partial charge in [0.1, 0.15) is 0 Å². The lowest BCUT2D eigenvalue weighted by molar-refractivity contribution is -0.147. The molecule has 4 aromatic rings. The molecule has 10 heteroatoms. The molecule has 2 N–H and O–H groups in total. The highest BCUT2D eigenvalue weighted by atomic mass is 19.4. The Balaban J connectivity index is 1.28. The van der Waals surface area contributed by atoms with E-state index in [0.717, 1.165) is 27.8 Å². The van der Waals surface area contributed by atoms with E-state index in [-0.39, 0.29) is 11.9 Å². The fourth-order valence-corrected chi connectivity index (χ4v) is 4.75. The summed E-state index contributed by atoms with van der Waals surface area (Å²) >= 11 is 0. The first-order valence-electron chi connectivity index (χ1n) is 12.2. The van der Waals surface area contributed by atoms with Crippen molar-refractivity contribution < 1.29 is 18.0 Å². The number of halogens is 3. The van der Waals surface area contributed by atoms with Gasteiger partial charge in [0.25, 0.3) is 0 Å². The predicted octanol–water partition coefficient (Wildman–Crippen LogP) is 5.48. The number of alkyl halides is 3. The molecule has 0 saturated carbocycles. The molecule has 0 aliphatic carbocycles. The van der Waals surface area contributed by atoms with Crippen molar-refractivity contribution in [3.8, 4) is 5.69 Å². The number of pyridine rings is 1. The van der Waals surface area contributed by atoms with Crippen LogP contribution in [0.3, 0.4) is 0 Å². The minimum Gasteiger partial charge on any atom is -0.334 e. The van der Waals surface area contributed by atoms with Crippen LogP contribution in [0.5, 0.6) is 0 Å². The molecule has 5 rings (SSSR count). The molecule has 1 aliphatic heterocycles. The summed E-state index contributed by atoms with van der Waals surface area (Å²) in [7, 11) is 0. The van der Waals surface area contributed by atoms with Crippen molar-refractivity contribution in [3.63, 3.8) is 0 Å². The molecule has 2 amide bonds. The van der Waals surface area contributed by atoms with Crippen molar-refractivity contribution in [1.29, 1.82) is 0 Å². The second-order valence-electron chi connectivity index (χ2n) is 9.20. The Hall–Kier alpha value is -3.92. The van der Waals surface area contributed by atoms with Gasteiger partial charge < -0.3 is 10.6 Å². The number of hydrogen-bond donors (Lipinski definition) is 2. The topological polar surface area (TPSA) is 75.1 Å². The van der Waals surface area contributed by atoms with E-state index < -0.39 is 12.7 Å². The largest absolute Gasteiger partial charge is 0.401 e. The van der Waals surface area contributed by atoms with Gasteiger partial charge in [-0.3, -0.25) is 9.88 Å². The number of amides is 2. The van der Waals surface area contributed by atoms with Crippen LogP contribution in [-0.4, -0.2) is 51.5 Å². The Bertz CT molecular complexity index is 1350. The lowest BCUT2D eigenvalue weighted by atomic mass is 9.91. The van der Waals surface area contributed by atoms with Crippen LogP contribution in [0, 0.1) is 0 Å². The summed E-state index contributed by atoms with van der Waals surface area (Å²) in [6.07, 6.45) is 0.464. The number of para-hydroxylation sites is 1. The lowest BCUT2D eigenvalue weighted by Crippen LogP contribution is -2.39. The van der Waals surface area contributed by atoms with Gasteiger partial charge in [0, 0.05) is 35.9 Å². The van der Waals surface area contributed by atoms with E-state index >= 15 is 0 Å². The Morgan fingerprint density at radius 3 is 2.46 bits per heavy atom. The van der Waals surface area contributed by atoms with Crippen LogP contribution in [0.1, 0.15) is 30.0 Å². The maximum absolute atomic E-state index is 12.8. The molecule has 192 valence electrons. The van der Waals surface area contributed by atoms with E-state index in [9.17, 15) is 18.0 Å². The van der Waals surface area contributed by atoms with Crippen molar-refractivity contribution >= 4 is 22.6 Å². The third kappa shape index (κ3) is 6.08. The highest BCUT2D eigenvalue weighted by Crippen LogP contribution is 2.34. The molecular weight excluding hydrogens is 481 g/mol. The quantitative estimate of drug-likeness (QED) is 0.362. The summed E-state index contributed by atoms with van der Waals surface area (Å²) in [4.78, 5) is 17.8. The van der Waals surface area contributed by atoms with Crippen LogP contribution in [0.25, 0.3) is 16.6 Å². The molecule has 2 aromatic carbocycles. The van der Waals surface area contributed by atoms with Gasteiger partial charge in [-0.05, 0) is 67.9 Å². The van der Waals surface area contributed by atoms with Crippen molar-refractivity contribution in [2.75, 3.05) is 25.0 Å². The average molecular weight is 509 g/mol. The van der Waals surface area contributed by atoms with Crippen molar-refractivity contribution in [2.45, 2.75) is 31.5 Å². The first-order valence-corrected chi connectivity index (χ1v) is 12.2. The molecule has 7 nitrogen and oxygen atoms in total. The number of nitrogens with zero attached hydrogens (tertiary/aromatic N) is 4. The zero-order valence-electron chi connectivity index (χ0n) is 20.1. The summed E-state index contributed by atoms with van der Waals surface area (Å²) < 4.78 is 40.2. The Labute approximate surface area is 212 Å². The number of benzene rings is 2. The number of carbonyl (C=O) groups is 1. The van der Waals surface area contributed by atoms with Gasteiger partial charge in [-0.15, -0.1) is 0 Å². The Kier molecular flexibility index (Phi) is 7.09. The maximum atomic E-state index is 12.8. The summed E-state index contributed by atoms with van der Waals surface area (Å²) in [5.74, 6) is 0.0973. The van der Waals surface area contributed by atoms with E-state index in [2.05, 4.69) is 15.6 Å². The van der Waals surface area contributed by atoms with Crippen molar-refractivity contribution in [3.05, 3.63) is 84.3 Å². The second kappa shape index (κ2) is 10.6. The summed E-state index contributed by atoms with van der Waals surface area (Å²) in [6, 6.07) is 18.7. The molecule has 37 heavy (non-hydrogen) atoms. The van der Waals surface area contributed by atoms with Crippen LogP contribution in [-0.2, 0) is 6.54 Å². The third-order valence-electron chi connectivity index (χ3n) is 6.54. The predicted molar refractivity (Wildman–Crippen MR) is 136 cm³/mol. The first kappa shape index (κ1) is 24.8. The molecule has 0 spiro atoms. The summed E-state index contributed by atoms with van der Waals surface area (Å²) in [5, 5.41) is 11.5. The molecule has 1 saturated heterocycles. The Morgan fingerprint density at radius 1 is 1.00 bits per heavy atom. The number of fused-ring (bicyclic) bond motifs is 1. The SMILES string of the molecule is O=C(NCc1cccnc1)Nc1ccc(-n2nc(C3CCN(CC(F)(F)F)CC3)c3ccccc32)cc1. The number of rotatable bonds is 6. The number of aromatic nitrogens is 3. The second-order valence-corrected chi connectivity index (χ2v) is 9.20. The zero-order chi connectivity index (χ0) is 25.8. The minimum absolute atomic E-state index is 0.0973. The number of urea groups is 1. The molecule has 0 bridgehead atoms. The highest BCUT2D eigenvalue weighted by Gasteiger charge is 2.33. The van der Waals surface area contributed by atoms with Crippen LogP contribution >= 0.6 is 0 Å². The molecule has 0 unspecified atom stereocenters. The van der Waals surface area contributed by atoms with Gasteiger partial charge >= 0.3 is 12.2 Å². The average Bonchev–Trinajstić information content (AvgIpc) is 3.28. The van der Waals surface area contributed by atoms with Crippen LogP contribution in [0.4, 0.5) is 23.7 Å². The fourth-order valence-electron chi connectivity index (χ4n) is 4.75. The first-order chi connectivity index (χ1) is 17.9. The molecule has 1 fully saturated rings. The minimum atomic E-state index is -4.18. The van der Waals surface area contributed by atoms with Crippen LogP contribution < -0.4 is 10.6 Å². The number of nitrogens with one attached hydrogen (secondary N) is 2. The molecular formula is C27H27F3N6O. The lowest BCUT2D eigenvalue weighted by Gasteiger charge is -2.31. The van der Waals surface area contributed by atoms with Gasteiger partial charge in [0.2, 0.25) is 0 Å². The highest BCUT2D eigenvalue weighted by molar-refractivity contribution is 5.89. The molecule has 2 aromatic heterocycles. The molecule has 3 heterocycles. The van der Waals surface area contributed by atoms with Gasteiger partial charge in [0.15, 0.2) is 0 Å². The number of hydrogen-bond acceptors (Lipinski definition) is 4. The third-order valence-corrected chi connectivity index (χ3v) is 6.54. The Morgan fingerprint density at radius 2 is 1.76 bits per heavy atom. The van der Waals surface area contributed by atoms with E-state index in [0.29, 0.717) is 38.2 Å². The number of likely N-dealkylation sites (tertiary alicyclic amines) is 1. The molecule has 1 aliphatic rings. The van der Waals surface area contributed by atoms with E-state index in [1.54, 1.807) is 12.4 Å². The standard InChI is InChI=1S/C27H27F3N6O/c28-27(29,30)18-35-14-11-20(12-15-35)25-23-5-1-2-6-24(23)36(34-25)22-9-7-21(8-10-22)33-26(37)32-17-19-4-3-13-31-16-19/h1-10,13,16,20H,11-12,14-15,17-18H2,(H2,32,33,37). The van der Waals surface area contributed by atoms with Gasteiger partial charge in [-0.1, -0.05) is 24.3 Å². The smallest absolute Gasteiger partial charge is 0.334 e. The zero-order valence-corrected chi connectivity index (χ0v) is 20.1. The van der Waals surface area contributed by atoms with Crippen LogP contribution in [0.15, 0.2) is 73.1 Å². The summed E-state index contributed by atoms with van der Waals surface area (Å²) in [5.41, 5.74) is 4.23. The van der Waals surface area contributed by atoms with Gasteiger partial charge in [-0.2, -0.15) is 18.3 Å². The molecule has 0 atom stereocenters. The van der Waals surface area contributed by atoms with E-state index in [1.165, 1.54) is 4.90 Å². The maximum Gasteiger partial charge on any atom is 0.401 e. The van der Waals surface area contributed by atoms with E-state index in [4.69, 9.17) is 5.10 Å². The van der Waals surface area contributed by atoms with Crippen molar-refractivity contribution in [2.24, 2.45) is 0 Å². The monoisotopic (exact) mass is 508 g/mol. The number of carbonyl (C=O) groups excluding carboxylic acids is 1. The van der Waals surface area contributed by atoms with E-state index in [1.807, 2.05) is 65.3 Å². The fraction of sp³-hybridized carbons (Fsp3) is 0.296. The van der Waals surface area contributed by atoms with Crippen molar-refractivity contribution in [1.82, 2.24) is 25.0 Å². The molecule has 0 radical (unpaired) electrons. The van der Waals surface area contributed by atoms with Gasteiger partial charge in [-0.25, -0.2) is 9.48 Å². The number of anilines is 1. The van der Waals surface area contributed by atoms with Gasteiger partial charge in [0.05, 0.1) is 23.4 Å². The number of piperidine rings is 1. The normalized spacial score (nSPS) is 15.1. The summed E-state index contributed by atoms with van der Waals surface area (Å²) in [6.45, 7) is 0.300.